The summed E-state index contributed by atoms with van der Waals surface area (Å²) in [6.45, 7) is 2.48. The molecule has 1 aliphatic rings. The van der Waals surface area contributed by atoms with E-state index in [4.69, 9.17) is 5.11 Å². The van der Waals surface area contributed by atoms with Gasteiger partial charge in [0.05, 0.1) is 6.61 Å². The second kappa shape index (κ2) is 2.31. The standard InChI is InChI=1S/C7H12O/c1-6-2-3-7(4-6)5-8/h3,6,8H,2,4-5H2,1H3/t6-/m0/s1. The van der Waals surface area contributed by atoms with E-state index >= 15 is 0 Å². The Balaban J connectivity index is 2.37. The summed E-state index contributed by atoms with van der Waals surface area (Å²) in [5, 5.41) is 8.62. The summed E-state index contributed by atoms with van der Waals surface area (Å²) in [5.41, 5.74) is 1.22. The van der Waals surface area contributed by atoms with Crippen LogP contribution < -0.4 is 0 Å². The van der Waals surface area contributed by atoms with E-state index in [0.717, 1.165) is 18.8 Å². The van der Waals surface area contributed by atoms with Gasteiger partial charge in [0.2, 0.25) is 0 Å². The Hall–Kier alpha value is -0.300. The molecule has 0 aromatic rings. The lowest BCUT2D eigenvalue weighted by Crippen LogP contribution is -1.89. The van der Waals surface area contributed by atoms with Crippen molar-refractivity contribution in [3.05, 3.63) is 11.6 Å². The Bertz CT molecular complexity index is 105. The van der Waals surface area contributed by atoms with E-state index in [-0.39, 0.29) is 6.61 Å². The maximum absolute atomic E-state index is 8.62. The van der Waals surface area contributed by atoms with Crippen LogP contribution in [0.3, 0.4) is 0 Å². The summed E-state index contributed by atoms with van der Waals surface area (Å²) >= 11 is 0. The second-order valence-electron chi connectivity index (χ2n) is 2.57. The van der Waals surface area contributed by atoms with Crippen molar-refractivity contribution in [2.45, 2.75) is 19.8 Å². The highest BCUT2D eigenvalue weighted by Gasteiger charge is 2.09. The van der Waals surface area contributed by atoms with E-state index in [2.05, 4.69) is 13.0 Å². The normalized spacial score (nSPS) is 28.2. The maximum Gasteiger partial charge on any atom is 0.0641 e. The van der Waals surface area contributed by atoms with Gasteiger partial charge in [-0.25, -0.2) is 0 Å². The minimum absolute atomic E-state index is 0.268. The molecule has 1 atom stereocenters. The van der Waals surface area contributed by atoms with Gasteiger partial charge >= 0.3 is 0 Å². The fourth-order valence-electron chi connectivity index (χ4n) is 1.11. The fraction of sp³-hybridized carbons (Fsp3) is 0.714. The van der Waals surface area contributed by atoms with Gasteiger partial charge in [0.15, 0.2) is 0 Å². The SMILES string of the molecule is C[C@H]1CC=C(CO)C1. The molecule has 0 aliphatic heterocycles. The van der Waals surface area contributed by atoms with Crippen LogP contribution in [-0.4, -0.2) is 11.7 Å². The summed E-state index contributed by atoms with van der Waals surface area (Å²) < 4.78 is 0. The molecule has 1 heteroatoms. The molecule has 0 saturated carbocycles. The van der Waals surface area contributed by atoms with Gasteiger partial charge in [-0.15, -0.1) is 0 Å². The predicted octanol–water partition coefficient (Wildman–Crippen LogP) is 1.33. The van der Waals surface area contributed by atoms with Crippen LogP contribution in [0.5, 0.6) is 0 Å². The van der Waals surface area contributed by atoms with Crippen LogP contribution in [0.15, 0.2) is 11.6 Å². The molecule has 1 rings (SSSR count). The zero-order valence-corrected chi connectivity index (χ0v) is 5.22. The van der Waals surface area contributed by atoms with Crippen LogP contribution >= 0.6 is 0 Å². The highest BCUT2D eigenvalue weighted by atomic mass is 16.3. The summed E-state index contributed by atoms with van der Waals surface area (Å²) in [4.78, 5) is 0. The van der Waals surface area contributed by atoms with E-state index in [1.807, 2.05) is 0 Å². The quantitative estimate of drug-likeness (QED) is 0.507. The molecule has 0 bridgehead atoms. The first-order valence-electron chi connectivity index (χ1n) is 3.11. The number of allylic oxidation sites excluding steroid dienone is 1. The Kier molecular flexibility index (Phi) is 1.69. The van der Waals surface area contributed by atoms with Crippen molar-refractivity contribution in [2.75, 3.05) is 6.61 Å². The third-order valence-electron chi connectivity index (χ3n) is 1.62. The molecule has 0 aromatic heterocycles. The van der Waals surface area contributed by atoms with Crippen molar-refractivity contribution in [1.29, 1.82) is 0 Å². The number of rotatable bonds is 1. The van der Waals surface area contributed by atoms with Crippen molar-refractivity contribution in [1.82, 2.24) is 0 Å². The molecule has 0 heterocycles. The molecule has 1 N–H and O–H groups in total. The molecule has 0 radical (unpaired) electrons. The van der Waals surface area contributed by atoms with Crippen LogP contribution in [0.2, 0.25) is 0 Å². The Morgan fingerprint density at radius 3 is 2.88 bits per heavy atom. The van der Waals surface area contributed by atoms with Gasteiger partial charge in [-0.1, -0.05) is 13.0 Å². The fourth-order valence-corrected chi connectivity index (χ4v) is 1.11. The maximum atomic E-state index is 8.62. The minimum atomic E-state index is 0.268. The smallest absolute Gasteiger partial charge is 0.0641 e. The number of aliphatic hydroxyl groups excluding tert-OH is 1. The molecular weight excluding hydrogens is 100 g/mol. The van der Waals surface area contributed by atoms with E-state index in [1.165, 1.54) is 5.57 Å². The van der Waals surface area contributed by atoms with Crippen molar-refractivity contribution in [3.8, 4) is 0 Å². The topological polar surface area (TPSA) is 20.2 Å². The van der Waals surface area contributed by atoms with Gasteiger partial charge in [0.1, 0.15) is 0 Å². The highest BCUT2D eigenvalue weighted by molar-refractivity contribution is 5.09. The Morgan fingerprint density at radius 1 is 1.88 bits per heavy atom. The van der Waals surface area contributed by atoms with Crippen LogP contribution in [0, 0.1) is 5.92 Å². The first kappa shape index (κ1) is 5.83. The zero-order valence-electron chi connectivity index (χ0n) is 5.22. The predicted molar refractivity (Wildman–Crippen MR) is 33.6 cm³/mol. The number of hydrogen-bond donors (Lipinski definition) is 1. The lowest BCUT2D eigenvalue weighted by molar-refractivity contribution is 0.325. The molecule has 0 amide bonds. The third-order valence-corrected chi connectivity index (χ3v) is 1.62. The molecule has 1 nitrogen and oxygen atoms in total. The van der Waals surface area contributed by atoms with E-state index in [0.29, 0.717) is 0 Å². The van der Waals surface area contributed by atoms with Gasteiger partial charge in [-0.3, -0.25) is 0 Å². The van der Waals surface area contributed by atoms with Gasteiger partial charge in [-0.05, 0) is 24.3 Å². The average molecular weight is 112 g/mol. The zero-order chi connectivity index (χ0) is 5.98. The van der Waals surface area contributed by atoms with E-state index in [1.54, 1.807) is 0 Å². The first-order valence-corrected chi connectivity index (χ1v) is 3.11. The molecule has 8 heavy (non-hydrogen) atoms. The van der Waals surface area contributed by atoms with Crippen LogP contribution in [0.1, 0.15) is 19.8 Å². The molecule has 0 spiro atoms. The minimum Gasteiger partial charge on any atom is -0.392 e. The first-order chi connectivity index (χ1) is 3.83. The molecular formula is C7H12O. The van der Waals surface area contributed by atoms with Gasteiger partial charge < -0.3 is 5.11 Å². The lowest BCUT2D eigenvalue weighted by atomic mass is 10.1. The number of hydrogen-bond acceptors (Lipinski definition) is 1. The number of aliphatic hydroxyl groups is 1. The molecule has 0 unspecified atom stereocenters. The van der Waals surface area contributed by atoms with Gasteiger partial charge in [-0.2, -0.15) is 0 Å². The van der Waals surface area contributed by atoms with Crippen molar-refractivity contribution >= 4 is 0 Å². The van der Waals surface area contributed by atoms with Crippen LogP contribution in [0.4, 0.5) is 0 Å². The molecule has 0 aromatic carbocycles. The van der Waals surface area contributed by atoms with Crippen molar-refractivity contribution in [2.24, 2.45) is 5.92 Å². The van der Waals surface area contributed by atoms with Crippen LogP contribution in [0.25, 0.3) is 0 Å². The average Bonchev–Trinajstić information content (AvgIpc) is 2.14. The molecule has 0 fully saturated rings. The Morgan fingerprint density at radius 2 is 2.62 bits per heavy atom. The van der Waals surface area contributed by atoms with Crippen molar-refractivity contribution in [3.63, 3.8) is 0 Å². The third kappa shape index (κ3) is 1.10. The summed E-state index contributed by atoms with van der Waals surface area (Å²) in [5.74, 6) is 0.775. The molecule has 46 valence electrons. The Labute approximate surface area is 50.0 Å². The summed E-state index contributed by atoms with van der Waals surface area (Å²) in [6.07, 6.45) is 4.41. The van der Waals surface area contributed by atoms with Crippen LogP contribution in [-0.2, 0) is 0 Å². The monoisotopic (exact) mass is 112 g/mol. The molecule has 0 saturated heterocycles. The van der Waals surface area contributed by atoms with E-state index < -0.39 is 0 Å². The lowest BCUT2D eigenvalue weighted by Gasteiger charge is -1.97. The second-order valence-corrected chi connectivity index (χ2v) is 2.57. The largest absolute Gasteiger partial charge is 0.392 e. The summed E-state index contributed by atoms with van der Waals surface area (Å²) in [6, 6.07) is 0. The summed E-state index contributed by atoms with van der Waals surface area (Å²) in [7, 11) is 0. The van der Waals surface area contributed by atoms with Gasteiger partial charge in [0, 0.05) is 0 Å². The van der Waals surface area contributed by atoms with E-state index in [9.17, 15) is 0 Å². The highest BCUT2D eigenvalue weighted by Crippen LogP contribution is 2.22. The van der Waals surface area contributed by atoms with Crippen molar-refractivity contribution < 1.29 is 5.11 Å². The molecule has 1 aliphatic carbocycles. The van der Waals surface area contributed by atoms with Gasteiger partial charge in [0.25, 0.3) is 0 Å².